The van der Waals surface area contributed by atoms with Gasteiger partial charge in [0.25, 0.3) is 0 Å². The van der Waals surface area contributed by atoms with Gasteiger partial charge in [0.2, 0.25) is 0 Å². The van der Waals surface area contributed by atoms with E-state index in [4.69, 9.17) is 11.6 Å². The fraction of sp³-hybridized carbons (Fsp3) is 0.333. The van der Waals surface area contributed by atoms with E-state index in [-0.39, 0.29) is 0 Å². The highest BCUT2D eigenvalue weighted by Crippen LogP contribution is 2.14. The number of alkyl halides is 1. The maximum atomic E-state index is 5.59. The van der Waals surface area contributed by atoms with Crippen LogP contribution in [0.3, 0.4) is 0 Å². The molecule has 0 saturated carbocycles. The van der Waals surface area contributed by atoms with Gasteiger partial charge in [-0.2, -0.15) is 0 Å². The number of nitrogens with zero attached hydrogens (tertiary/aromatic N) is 1. The van der Waals surface area contributed by atoms with Crippen LogP contribution in [0.2, 0.25) is 0 Å². The van der Waals surface area contributed by atoms with Crippen LogP contribution in [0.4, 0.5) is 5.69 Å². The highest BCUT2D eigenvalue weighted by atomic mass is 35.5. The van der Waals surface area contributed by atoms with Crippen LogP contribution in [0.1, 0.15) is 12.0 Å². The molecule has 76 valence electrons. The number of hydrogen-bond acceptors (Lipinski definition) is 1. The van der Waals surface area contributed by atoms with Gasteiger partial charge in [0, 0.05) is 25.7 Å². The van der Waals surface area contributed by atoms with Crippen molar-refractivity contribution in [3.05, 3.63) is 35.9 Å². The highest BCUT2D eigenvalue weighted by Gasteiger charge is 1.93. The van der Waals surface area contributed by atoms with E-state index in [0.717, 1.165) is 6.42 Å². The zero-order valence-electron chi connectivity index (χ0n) is 8.70. The van der Waals surface area contributed by atoms with Gasteiger partial charge < -0.3 is 4.90 Å². The summed E-state index contributed by atoms with van der Waals surface area (Å²) >= 11 is 5.59. The van der Waals surface area contributed by atoms with E-state index in [1.54, 1.807) is 0 Å². The Morgan fingerprint density at radius 3 is 2.79 bits per heavy atom. The number of rotatable bonds is 4. The van der Waals surface area contributed by atoms with Crippen molar-refractivity contribution < 1.29 is 0 Å². The summed E-state index contributed by atoms with van der Waals surface area (Å²) in [6.07, 6.45) is 5.13. The molecule has 0 saturated heterocycles. The largest absolute Gasteiger partial charge is 0.378 e. The van der Waals surface area contributed by atoms with Crippen LogP contribution in [-0.4, -0.2) is 20.0 Å². The third kappa shape index (κ3) is 3.43. The van der Waals surface area contributed by atoms with Gasteiger partial charge in [-0.15, -0.1) is 11.6 Å². The normalized spacial score (nSPS) is 10.8. The Morgan fingerprint density at radius 1 is 1.36 bits per heavy atom. The molecule has 1 aromatic carbocycles. The maximum absolute atomic E-state index is 5.59. The molecular formula is C12H16ClN. The molecule has 1 aromatic rings. The minimum atomic E-state index is 0.684. The Kier molecular flexibility index (Phi) is 4.54. The second kappa shape index (κ2) is 5.71. The lowest BCUT2D eigenvalue weighted by atomic mass is 10.1. The second-order valence-electron chi connectivity index (χ2n) is 3.37. The van der Waals surface area contributed by atoms with E-state index in [1.807, 2.05) is 14.1 Å². The van der Waals surface area contributed by atoms with Crippen LogP contribution in [0.5, 0.6) is 0 Å². The van der Waals surface area contributed by atoms with Gasteiger partial charge in [0.15, 0.2) is 0 Å². The molecule has 0 aromatic heterocycles. The van der Waals surface area contributed by atoms with Crippen molar-refractivity contribution in [3.63, 3.8) is 0 Å². The molecule has 0 aliphatic rings. The third-order valence-corrected chi connectivity index (χ3v) is 2.19. The van der Waals surface area contributed by atoms with Crippen LogP contribution in [0, 0.1) is 0 Å². The monoisotopic (exact) mass is 209 g/mol. The molecule has 1 nitrogen and oxygen atoms in total. The zero-order valence-corrected chi connectivity index (χ0v) is 9.46. The molecule has 0 heterocycles. The Balaban J connectivity index is 2.73. The van der Waals surface area contributed by atoms with Gasteiger partial charge in [-0.05, 0) is 24.1 Å². The number of benzene rings is 1. The average molecular weight is 210 g/mol. The van der Waals surface area contributed by atoms with E-state index >= 15 is 0 Å². The van der Waals surface area contributed by atoms with Crippen LogP contribution in [0.15, 0.2) is 30.3 Å². The molecule has 14 heavy (non-hydrogen) atoms. The van der Waals surface area contributed by atoms with Gasteiger partial charge in [-0.1, -0.05) is 24.3 Å². The number of anilines is 1. The first-order valence-corrected chi connectivity index (χ1v) is 5.27. The SMILES string of the molecule is CN(C)c1cccc(C=CCCCl)c1. The molecule has 0 atom stereocenters. The fourth-order valence-electron chi connectivity index (χ4n) is 1.19. The van der Waals surface area contributed by atoms with Crippen molar-refractivity contribution in [2.45, 2.75) is 6.42 Å². The topological polar surface area (TPSA) is 3.24 Å². The quantitative estimate of drug-likeness (QED) is 0.688. The van der Waals surface area contributed by atoms with E-state index in [2.05, 4.69) is 41.3 Å². The average Bonchev–Trinajstić information content (AvgIpc) is 2.19. The van der Waals surface area contributed by atoms with Crippen molar-refractivity contribution in [2.75, 3.05) is 24.9 Å². The molecule has 0 spiro atoms. The molecule has 0 aliphatic carbocycles. The Labute approximate surface area is 91.0 Å². The molecule has 0 aliphatic heterocycles. The summed E-state index contributed by atoms with van der Waals surface area (Å²) in [6.45, 7) is 0. The maximum Gasteiger partial charge on any atom is 0.0367 e. The Morgan fingerprint density at radius 2 is 2.14 bits per heavy atom. The fourth-order valence-corrected chi connectivity index (χ4v) is 1.32. The minimum Gasteiger partial charge on any atom is -0.378 e. The van der Waals surface area contributed by atoms with E-state index in [9.17, 15) is 0 Å². The number of halogens is 1. The molecule has 1 rings (SSSR count). The summed E-state index contributed by atoms with van der Waals surface area (Å²) in [5.74, 6) is 0.684. The molecular weight excluding hydrogens is 194 g/mol. The summed E-state index contributed by atoms with van der Waals surface area (Å²) in [4.78, 5) is 2.10. The van der Waals surface area contributed by atoms with Crippen LogP contribution in [-0.2, 0) is 0 Å². The lowest BCUT2D eigenvalue weighted by molar-refractivity contribution is 1.13. The summed E-state index contributed by atoms with van der Waals surface area (Å²) in [5, 5.41) is 0. The van der Waals surface area contributed by atoms with Gasteiger partial charge in [-0.25, -0.2) is 0 Å². The van der Waals surface area contributed by atoms with Gasteiger partial charge in [0.05, 0.1) is 0 Å². The van der Waals surface area contributed by atoms with E-state index in [1.165, 1.54) is 11.3 Å². The van der Waals surface area contributed by atoms with Gasteiger partial charge in [0.1, 0.15) is 0 Å². The number of hydrogen-bond donors (Lipinski definition) is 0. The third-order valence-electron chi connectivity index (χ3n) is 1.97. The predicted octanol–water partition coefficient (Wildman–Crippen LogP) is 3.39. The van der Waals surface area contributed by atoms with Crippen LogP contribution in [0.25, 0.3) is 6.08 Å². The lowest BCUT2D eigenvalue weighted by Crippen LogP contribution is -2.08. The first kappa shape index (κ1) is 11.1. The first-order chi connectivity index (χ1) is 6.74. The molecule has 0 N–H and O–H groups in total. The molecule has 2 heteroatoms. The highest BCUT2D eigenvalue weighted by molar-refractivity contribution is 6.17. The van der Waals surface area contributed by atoms with Crippen LogP contribution >= 0.6 is 11.6 Å². The molecule has 0 amide bonds. The van der Waals surface area contributed by atoms with Crippen molar-refractivity contribution in [3.8, 4) is 0 Å². The van der Waals surface area contributed by atoms with E-state index < -0.39 is 0 Å². The molecule has 0 bridgehead atoms. The number of allylic oxidation sites excluding steroid dienone is 1. The van der Waals surface area contributed by atoms with Crippen molar-refractivity contribution in [1.29, 1.82) is 0 Å². The summed E-state index contributed by atoms with van der Waals surface area (Å²) in [5.41, 5.74) is 2.44. The molecule has 0 radical (unpaired) electrons. The van der Waals surface area contributed by atoms with Gasteiger partial charge in [-0.3, -0.25) is 0 Å². The summed E-state index contributed by atoms with van der Waals surface area (Å²) in [6, 6.07) is 8.41. The standard InChI is InChI=1S/C12H16ClN/c1-14(2)12-8-5-7-11(10-12)6-3-4-9-13/h3,5-8,10H,4,9H2,1-2H3. The van der Waals surface area contributed by atoms with Crippen molar-refractivity contribution in [1.82, 2.24) is 0 Å². The predicted molar refractivity (Wildman–Crippen MR) is 65.1 cm³/mol. The minimum absolute atomic E-state index is 0.684. The smallest absolute Gasteiger partial charge is 0.0367 e. The van der Waals surface area contributed by atoms with Gasteiger partial charge >= 0.3 is 0 Å². The van der Waals surface area contributed by atoms with Crippen molar-refractivity contribution in [2.24, 2.45) is 0 Å². The first-order valence-electron chi connectivity index (χ1n) is 4.74. The van der Waals surface area contributed by atoms with Crippen molar-refractivity contribution >= 4 is 23.4 Å². The molecule has 0 unspecified atom stereocenters. The van der Waals surface area contributed by atoms with Crippen LogP contribution < -0.4 is 4.90 Å². The lowest BCUT2D eigenvalue weighted by Gasteiger charge is -2.12. The van der Waals surface area contributed by atoms with E-state index in [0.29, 0.717) is 5.88 Å². The summed E-state index contributed by atoms with van der Waals surface area (Å²) in [7, 11) is 4.09. The summed E-state index contributed by atoms with van der Waals surface area (Å²) < 4.78 is 0. The molecule has 0 fully saturated rings. The Bertz CT molecular complexity index is 305. The second-order valence-corrected chi connectivity index (χ2v) is 3.75. The zero-order chi connectivity index (χ0) is 10.4. The Hall–Kier alpha value is -0.950.